The molecule has 0 N–H and O–H groups in total. The largest absolute Gasteiger partial charge is 0.497 e. The number of ether oxygens (including phenoxy) is 2. The molecule has 0 saturated heterocycles. The van der Waals surface area contributed by atoms with Gasteiger partial charge in [0.05, 0.1) is 12.6 Å². The molecule has 1 amide bonds. The Balaban J connectivity index is 1.80. The van der Waals surface area contributed by atoms with Crippen LogP contribution in [0.3, 0.4) is 0 Å². The topological polar surface area (TPSA) is 86.5 Å². The van der Waals surface area contributed by atoms with Gasteiger partial charge in [-0.15, -0.1) is 5.10 Å². The van der Waals surface area contributed by atoms with Crippen LogP contribution in [0, 0.1) is 6.92 Å². The molecule has 0 aliphatic carbocycles. The van der Waals surface area contributed by atoms with Gasteiger partial charge in [-0.3, -0.25) is 4.79 Å². The Morgan fingerprint density at radius 1 is 1.03 bits per heavy atom. The van der Waals surface area contributed by atoms with Gasteiger partial charge in [-0.2, -0.15) is 0 Å². The maximum atomic E-state index is 14.1. The highest BCUT2D eigenvalue weighted by molar-refractivity contribution is 5.87. The molecule has 4 aromatic rings. The number of methoxy groups -OCH3 is 1. The summed E-state index contributed by atoms with van der Waals surface area (Å²) in [5.74, 6) is -0.209. The van der Waals surface area contributed by atoms with Crippen LogP contribution in [0.25, 0.3) is 11.0 Å². The molecule has 1 atom stereocenters. The van der Waals surface area contributed by atoms with E-state index in [1.807, 2.05) is 82.3 Å². The lowest BCUT2D eigenvalue weighted by Crippen LogP contribution is -2.43. The second kappa shape index (κ2) is 11.5. The van der Waals surface area contributed by atoms with Crippen molar-refractivity contribution in [3.63, 3.8) is 0 Å². The van der Waals surface area contributed by atoms with E-state index in [0.717, 1.165) is 16.6 Å². The SMILES string of the molecule is CCC(C)(C)OC(=O)C(c1cccc(OC)c1)N(Cc1ccccc1C)C(=O)Cn1nnc2ccccc21. The molecule has 0 fully saturated rings. The summed E-state index contributed by atoms with van der Waals surface area (Å²) in [5, 5.41) is 8.39. The van der Waals surface area contributed by atoms with Crippen LogP contribution in [-0.4, -0.2) is 44.5 Å². The van der Waals surface area contributed by atoms with E-state index >= 15 is 0 Å². The minimum Gasteiger partial charge on any atom is -0.497 e. The molecule has 0 saturated carbocycles. The molecule has 4 rings (SSSR count). The van der Waals surface area contributed by atoms with Crippen LogP contribution >= 0.6 is 0 Å². The number of esters is 1. The zero-order valence-corrected chi connectivity index (χ0v) is 22.5. The number of nitrogens with zero attached hydrogens (tertiary/aromatic N) is 4. The van der Waals surface area contributed by atoms with E-state index in [9.17, 15) is 9.59 Å². The fraction of sp³-hybridized carbons (Fsp3) is 0.333. The molecular weight excluding hydrogens is 480 g/mol. The smallest absolute Gasteiger partial charge is 0.334 e. The summed E-state index contributed by atoms with van der Waals surface area (Å²) in [6, 6.07) is 21.5. The zero-order valence-electron chi connectivity index (χ0n) is 22.5. The molecule has 198 valence electrons. The molecular formula is C30H34N4O4. The van der Waals surface area contributed by atoms with Crippen molar-refractivity contribution >= 4 is 22.9 Å². The van der Waals surface area contributed by atoms with E-state index < -0.39 is 17.6 Å². The van der Waals surface area contributed by atoms with Crippen LogP contribution < -0.4 is 4.74 Å². The molecule has 0 aliphatic heterocycles. The highest BCUT2D eigenvalue weighted by Crippen LogP contribution is 2.31. The van der Waals surface area contributed by atoms with E-state index in [2.05, 4.69) is 10.3 Å². The third-order valence-corrected chi connectivity index (χ3v) is 6.80. The van der Waals surface area contributed by atoms with Crippen LogP contribution in [0.2, 0.25) is 0 Å². The summed E-state index contributed by atoms with van der Waals surface area (Å²) in [6.45, 7) is 7.80. The van der Waals surface area contributed by atoms with Gasteiger partial charge in [-0.25, -0.2) is 9.48 Å². The normalized spacial score (nSPS) is 12.2. The summed E-state index contributed by atoms with van der Waals surface area (Å²) in [4.78, 5) is 29.5. The van der Waals surface area contributed by atoms with Gasteiger partial charge in [0.15, 0.2) is 6.04 Å². The molecule has 0 bridgehead atoms. The van der Waals surface area contributed by atoms with Crippen LogP contribution in [0.1, 0.15) is 49.9 Å². The summed E-state index contributed by atoms with van der Waals surface area (Å²) < 4.78 is 13.0. The zero-order chi connectivity index (χ0) is 27.3. The van der Waals surface area contributed by atoms with Crippen LogP contribution in [0.15, 0.2) is 72.8 Å². The van der Waals surface area contributed by atoms with E-state index in [4.69, 9.17) is 9.47 Å². The van der Waals surface area contributed by atoms with Crippen molar-refractivity contribution < 1.29 is 19.1 Å². The van der Waals surface area contributed by atoms with Gasteiger partial charge in [-0.1, -0.05) is 60.7 Å². The van der Waals surface area contributed by atoms with Gasteiger partial charge in [-0.05, 0) is 68.1 Å². The van der Waals surface area contributed by atoms with E-state index in [-0.39, 0.29) is 19.0 Å². The molecule has 1 aromatic heterocycles. The number of hydrogen-bond acceptors (Lipinski definition) is 6. The predicted octanol–water partition coefficient (Wildman–Crippen LogP) is 5.25. The van der Waals surface area contributed by atoms with Crippen molar-refractivity contribution in [2.24, 2.45) is 0 Å². The van der Waals surface area contributed by atoms with Crippen molar-refractivity contribution in [3.05, 3.63) is 89.5 Å². The fourth-order valence-corrected chi connectivity index (χ4v) is 4.20. The van der Waals surface area contributed by atoms with Crippen molar-refractivity contribution in [1.82, 2.24) is 19.9 Å². The summed E-state index contributed by atoms with van der Waals surface area (Å²) in [6.07, 6.45) is 0.625. The van der Waals surface area contributed by atoms with E-state index in [0.29, 0.717) is 23.3 Å². The van der Waals surface area contributed by atoms with Gasteiger partial charge in [0.1, 0.15) is 23.4 Å². The molecule has 8 nitrogen and oxygen atoms in total. The maximum absolute atomic E-state index is 14.1. The molecule has 0 spiro atoms. The Kier molecular flexibility index (Phi) is 8.10. The first-order valence-electron chi connectivity index (χ1n) is 12.7. The molecule has 1 heterocycles. The van der Waals surface area contributed by atoms with Gasteiger partial charge >= 0.3 is 5.97 Å². The van der Waals surface area contributed by atoms with E-state index in [1.165, 1.54) is 0 Å². The van der Waals surface area contributed by atoms with Crippen molar-refractivity contribution in [3.8, 4) is 5.75 Å². The number of hydrogen-bond donors (Lipinski definition) is 0. The first kappa shape index (κ1) is 26.9. The Bertz CT molecular complexity index is 1430. The average Bonchev–Trinajstić information content (AvgIpc) is 3.32. The van der Waals surface area contributed by atoms with E-state index in [1.54, 1.807) is 34.9 Å². The predicted molar refractivity (Wildman–Crippen MR) is 145 cm³/mol. The lowest BCUT2D eigenvalue weighted by atomic mass is 10.0. The lowest BCUT2D eigenvalue weighted by molar-refractivity contribution is -0.167. The second-order valence-electron chi connectivity index (χ2n) is 9.90. The monoisotopic (exact) mass is 514 g/mol. The number of rotatable bonds is 10. The highest BCUT2D eigenvalue weighted by Gasteiger charge is 2.36. The highest BCUT2D eigenvalue weighted by atomic mass is 16.6. The van der Waals surface area contributed by atoms with Gasteiger partial charge < -0.3 is 14.4 Å². The minimum absolute atomic E-state index is 0.0860. The van der Waals surface area contributed by atoms with Crippen molar-refractivity contribution in [2.45, 2.75) is 58.8 Å². The number of amides is 1. The summed E-state index contributed by atoms with van der Waals surface area (Å²) in [7, 11) is 1.57. The Hall–Kier alpha value is -4.20. The third-order valence-electron chi connectivity index (χ3n) is 6.80. The summed E-state index contributed by atoms with van der Waals surface area (Å²) in [5.41, 5.74) is 3.28. The molecule has 1 unspecified atom stereocenters. The number of carbonyl (C=O) groups is 2. The molecule has 0 radical (unpaired) electrons. The van der Waals surface area contributed by atoms with Crippen LogP contribution in [-0.2, 0) is 27.4 Å². The standard InChI is InChI=1S/C30H34N4O4/c1-6-30(3,4)38-29(36)28(22-14-11-15-24(18-22)37-5)33(19-23-13-8-7-12-21(23)2)27(35)20-34-26-17-10-9-16-25(26)31-32-34/h7-18,28H,6,19-20H2,1-5H3. The molecule has 0 aliphatic rings. The number of fused-ring (bicyclic) bond motifs is 1. The average molecular weight is 515 g/mol. The number of aromatic nitrogens is 3. The summed E-state index contributed by atoms with van der Waals surface area (Å²) >= 11 is 0. The Morgan fingerprint density at radius 3 is 2.50 bits per heavy atom. The Labute approximate surface area is 223 Å². The molecule has 38 heavy (non-hydrogen) atoms. The third kappa shape index (κ3) is 6.02. The molecule has 8 heteroatoms. The fourth-order valence-electron chi connectivity index (χ4n) is 4.20. The van der Waals surface area contributed by atoms with Crippen molar-refractivity contribution in [1.29, 1.82) is 0 Å². The van der Waals surface area contributed by atoms with Crippen LogP contribution in [0.4, 0.5) is 0 Å². The van der Waals surface area contributed by atoms with Gasteiger partial charge in [0, 0.05) is 6.54 Å². The number of para-hydroxylation sites is 1. The minimum atomic E-state index is -1.00. The quantitative estimate of drug-likeness (QED) is 0.269. The van der Waals surface area contributed by atoms with Crippen LogP contribution in [0.5, 0.6) is 5.75 Å². The maximum Gasteiger partial charge on any atom is 0.334 e. The number of aryl methyl sites for hydroxylation is 1. The Morgan fingerprint density at radius 2 is 1.76 bits per heavy atom. The number of carbonyl (C=O) groups excluding carboxylic acids is 2. The lowest BCUT2D eigenvalue weighted by Gasteiger charge is -2.34. The second-order valence-corrected chi connectivity index (χ2v) is 9.90. The van der Waals surface area contributed by atoms with Gasteiger partial charge in [0.2, 0.25) is 5.91 Å². The first-order valence-corrected chi connectivity index (χ1v) is 12.7. The van der Waals surface area contributed by atoms with Gasteiger partial charge in [0.25, 0.3) is 0 Å². The first-order chi connectivity index (χ1) is 18.2. The molecule has 3 aromatic carbocycles. The van der Waals surface area contributed by atoms with Crippen molar-refractivity contribution in [2.75, 3.05) is 7.11 Å². The number of benzene rings is 3.